The third-order valence-electron chi connectivity index (χ3n) is 10.4. The molecule has 3 atom stereocenters. The highest BCUT2D eigenvalue weighted by Crippen LogP contribution is 2.73. The van der Waals surface area contributed by atoms with Crippen molar-refractivity contribution in [3.8, 4) is 16.9 Å². The first-order valence-electron chi connectivity index (χ1n) is 15.0. The minimum absolute atomic E-state index is 0.105. The molecule has 0 radical (unpaired) electrons. The van der Waals surface area contributed by atoms with Crippen LogP contribution in [-0.4, -0.2) is 28.8 Å². The van der Waals surface area contributed by atoms with Gasteiger partial charge in [-0.15, -0.1) is 0 Å². The Labute approximate surface area is 243 Å². The van der Waals surface area contributed by atoms with Gasteiger partial charge >= 0.3 is 0 Å². The van der Waals surface area contributed by atoms with Gasteiger partial charge in [0.2, 0.25) is 0 Å². The monoisotopic (exact) mass is 550 g/mol. The SMILES string of the molecule is COc1ccc(CN2C(=O)c3c4c(c5[nH]c6ccccc6c5c3C2=O)C2[C@@H](Cc3ccccc3-4)C23C=CCCC3)cc1. The van der Waals surface area contributed by atoms with Gasteiger partial charge in [0.15, 0.2) is 0 Å². The lowest BCUT2D eigenvalue weighted by atomic mass is 9.80. The Bertz CT molecular complexity index is 2020. The Balaban J connectivity index is 1.35. The summed E-state index contributed by atoms with van der Waals surface area (Å²) in [6.07, 6.45) is 9.31. The number of imide groups is 1. The topological polar surface area (TPSA) is 62.4 Å². The van der Waals surface area contributed by atoms with Crippen molar-refractivity contribution in [3.05, 3.63) is 113 Å². The fourth-order valence-electron chi connectivity index (χ4n) is 8.53. The highest BCUT2D eigenvalue weighted by atomic mass is 16.5. The van der Waals surface area contributed by atoms with Crippen LogP contribution in [0.5, 0.6) is 5.75 Å². The predicted octanol–water partition coefficient (Wildman–Crippen LogP) is 7.79. The van der Waals surface area contributed by atoms with E-state index in [1.807, 2.05) is 36.4 Å². The van der Waals surface area contributed by atoms with Gasteiger partial charge in [-0.2, -0.15) is 0 Å². The van der Waals surface area contributed by atoms with Crippen LogP contribution in [0.3, 0.4) is 0 Å². The third kappa shape index (κ3) is 3.03. The second-order valence-electron chi connectivity index (χ2n) is 12.4. The molecule has 1 spiro atoms. The highest BCUT2D eigenvalue weighted by Gasteiger charge is 2.65. The number of fused-ring (bicyclic) bond motifs is 14. The van der Waals surface area contributed by atoms with E-state index in [0.29, 0.717) is 23.0 Å². The lowest BCUT2D eigenvalue weighted by Crippen LogP contribution is -2.29. The number of amides is 2. The van der Waals surface area contributed by atoms with E-state index in [9.17, 15) is 9.59 Å². The molecule has 5 nitrogen and oxygen atoms in total. The van der Waals surface area contributed by atoms with Crippen LogP contribution in [-0.2, 0) is 13.0 Å². The van der Waals surface area contributed by atoms with Crippen LogP contribution in [0.15, 0.2) is 84.9 Å². The Morgan fingerprint density at radius 3 is 2.52 bits per heavy atom. The van der Waals surface area contributed by atoms with Crippen molar-refractivity contribution < 1.29 is 14.3 Å². The average molecular weight is 551 g/mol. The first-order chi connectivity index (χ1) is 20.6. The van der Waals surface area contributed by atoms with Gasteiger partial charge in [0, 0.05) is 21.9 Å². The molecule has 1 N–H and O–H groups in total. The lowest BCUT2D eigenvalue weighted by Gasteiger charge is -2.23. The molecule has 1 aliphatic heterocycles. The highest BCUT2D eigenvalue weighted by molar-refractivity contribution is 6.33. The number of aromatic nitrogens is 1. The third-order valence-corrected chi connectivity index (χ3v) is 10.4. The number of aromatic amines is 1. The molecule has 3 aliphatic carbocycles. The number of methoxy groups -OCH3 is 1. The molecular formula is C37H30N2O3. The van der Waals surface area contributed by atoms with Crippen molar-refractivity contribution >= 4 is 33.6 Å². The smallest absolute Gasteiger partial charge is 0.262 e. The van der Waals surface area contributed by atoms with E-state index in [2.05, 4.69) is 53.5 Å². The fraction of sp³-hybridized carbons (Fsp3) is 0.243. The average Bonchev–Trinajstić information content (AvgIpc) is 3.35. The van der Waals surface area contributed by atoms with Crippen molar-refractivity contribution in [2.24, 2.45) is 11.3 Å². The summed E-state index contributed by atoms with van der Waals surface area (Å²) in [6, 6.07) is 24.3. The van der Waals surface area contributed by atoms with Crippen LogP contribution >= 0.6 is 0 Å². The minimum Gasteiger partial charge on any atom is -0.497 e. The number of carbonyl (C=O) groups excluding carboxylic acids is 2. The number of rotatable bonds is 3. The van der Waals surface area contributed by atoms with Crippen molar-refractivity contribution in [1.29, 1.82) is 0 Å². The summed E-state index contributed by atoms with van der Waals surface area (Å²) in [4.78, 5) is 34.2. The molecule has 2 unspecified atom stereocenters. The van der Waals surface area contributed by atoms with Crippen LogP contribution in [0.2, 0.25) is 0 Å². The van der Waals surface area contributed by atoms with Crippen molar-refractivity contribution in [1.82, 2.24) is 9.88 Å². The number of nitrogens with zero attached hydrogens (tertiary/aromatic N) is 1. The molecule has 4 aliphatic rings. The van der Waals surface area contributed by atoms with E-state index in [0.717, 1.165) is 63.5 Å². The van der Waals surface area contributed by atoms with Gasteiger partial charge in [-0.3, -0.25) is 14.5 Å². The summed E-state index contributed by atoms with van der Waals surface area (Å²) in [6.45, 7) is 0.218. The number of carbonyl (C=O) groups is 2. The Morgan fingerprint density at radius 2 is 1.71 bits per heavy atom. The van der Waals surface area contributed by atoms with Gasteiger partial charge in [0.1, 0.15) is 5.75 Å². The fourth-order valence-corrected chi connectivity index (χ4v) is 8.53. The molecule has 0 saturated heterocycles. The summed E-state index contributed by atoms with van der Waals surface area (Å²) in [5, 5.41) is 1.90. The molecule has 2 heterocycles. The molecule has 9 rings (SSSR count). The Kier molecular flexibility index (Phi) is 4.83. The predicted molar refractivity (Wildman–Crippen MR) is 164 cm³/mol. The van der Waals surface area contributed by atoms with Crippen LogP contribution in [0, 0.1) is 11.3 Å². The van der Waals surface area contributed by atoms with Crippen molar-refractivity contribution in [3.63, 3.8) is 0 Å². The first-order valence-corrected chi connectivity index (χ1v) is 15.0. The molecule has 1 aromatic heterocycles. The van der Waals surface area contributed by atoms with Gasteiger partial charge in [-0.25, -0.2) is 0 Å². The lowest BCUT2D eigenvalue weighted by molar-refractivity contribution is 0.0643. The van der Waals surface area contributed by atoms with E-state index in [1.165, 1.54) is 22.4 Å². The largest absolute Gasteiger partial charge is 0.497 e. The van der Waals surface area contributed by atoms with E-state index >= 15 is 0 Å². The van der Waals surface area contributed by atoms with E-state index in [-0.39, 0.29) is 23.8 Å². The second-order valence-corrected chi connectivity index (χ2v) is 12.4. The quantitative estimate of drug-likeness (QED) is 0.184. The molecule has 5 aromatic rings. The molecule has 1 saturated carbocycles. The van der Waals surface area contributed by atoms with Crippen LogP contribution in [0.1, 0.15) is 62.6 Å². The van der Waals surface area contributed by atoms with E-state index in [4.69, 9.17) is 4.74 Å². The maximum absolute atomic E-state index is 14.6. The summed E-state index contributed by atoms with van der Waals surface area (Å²) in [7, 11) is 1.63. The summed E-state index contributed by atoms with van der Waals surface area (Å²) in [5.41, 5.74) is 8.71. The Morgan fingerprint density at radius 1 is 0.929 bits per heavy atom. The number of hydrogen-bond donors (Lipinski definition) is 1. The molecule has 2 amide bonds. The van der Waals surface area contributed by atoms with Crippen molar-refractivity contribution in [2.75, 3.05) is 7.11 Å². The standard InChI is InChI=1S/C37H30N2O3/c1-42-23-15-13-21(14-16-23)20-39-35(40)30-28-24-10-4-3-9-22(24)19-26-33(37(26)17-7-2-8-18-37)32(28)34-29(31(30)36(39)41)25-11-5-6-12-27(25)38-34/h3-7,9-17,26,33,38H,2,8,18-20H2,1H3/t26-,33?,37?/m1/s1. The van der Waals surface area contributed by atoms with Crippen molar-refractivity contribution in [2.45, 2.75) is 38.1 Å². The van der Waals surface area contributed by atoms with E-state index in [1.54, 1.807) is 7.11 Å². The second kappa shape index (κ2) is 8.45. The number of nitrogens with one attached hydrogen (secondary N) is 1. The maximum Gasteiger partial charge on any atom is 0.262 e. The summed E-state index contributed by atoms with van der Waals surface area (Å²) >= 11 is 0. The number of ether oxygens (including phenoxy) is 1. The van der Waals surface area contributed by atoms with Gasteiger partial charge in [-0.1, -0.05) is 66.7 Å². The summed E-state index contributed by atoms with van der Waals surface area (Å²) in [5.74, 6) is 1.11. The normalized spacial score (nSPS) is 23.6. The zero-order valence-electron chi connectivity index (χ0n) is 23.4. The van der Waals surface area contributed by atoms with Gasteiger partial charge in [0.05, 0.1) is 30.3 Å². The number of hydrogen-bond acceptors (Lipinski definition) is 3. The minimum atomic E-state index is -0.218. The number of benzene rings is 4. The van der Waals surface area contributed by atoms with Crippen LogP contribution in [0.25, 0.3) is 32.9 Å². The van der Waals surface area contributed by atoms with Gasteiger partial charge in [0.25, 0.3) is 11.8 Å². The molecule has 5 heteroatoms. The number of H-pyrrole nitrogens is 1. The molecular weight excluding hydrogens is 520 g/mol. The zero-order chi connectivity index (χ0) is 28.2. The first kappa shape index (κ1) is 24.0. The van der Waals surface area contributed by atoms with Gasteiger partial charge < -0.3 is 9.72 Å². The molecule has 206 valence electrons. The molecule has 0 bridgehead atoms. The van der Waals surface area contributed by atoms with Crippen LogP contribution in [0.4, 0.5) is 0 Å². The summed E-state index contributed by atoms with van der Waals surface area (Å²) < 4.78 is 5.33. The Hall–Kier alpha value is -4.64. The number of para-hydroxylation sites is 1. The maximum atomic E-state index is 14.6. The van der Waals surface area contributed by atoms with E-state index < -0.39 is 0 Å². The van der Waals surface area contributed by atoms with Crippen LogP contribution < -0.4 is 4.74 Å². The molecule has 1 fully saturated rings. The zero-order valence-corrected chi connectivity index (χ0v) is 23.4. The molecule has 42 heavy (non-hydrogen) atoms. The molecule has 4 aromatic carbocycles. The van der Waals surface area contributed by atoms with Gasteiger partial charge in [-0.05, 0) is 83.4 Å². The number of allylic oxidation sites excluding steroid dienone is 2.